The van der Waals surface area contributed by atoms with Gasteiger partial charge in [0, 0.05) is 24.9 Å². The van der Waals surface area contributed by atoms with Gasteiger partial charge in [0.25, 0.3) is 0 Å². The summed E-state index contributed by atoms with van der Waals surface area (Å²) in [5, 5.41) is 14.8. The van der Waals surface area contributed by atoms with E-state index in [0.717, 1.165) is 12.3 Å². The molecular weight excluding hydrogens is 348 g/mol. The highest BCUT2D eigenvalue weighted by atomic mass is 32.2. The zero-order valence-electron chi connectivity index (χ0n) is 12.9. The minimum atomic E-state index is -3.67. The summed E-state index contributed by atoms with van der Waals surface area (Å²) in [6, 6.07) is 7.05. The molecule has 0 amide bonds. The van der Waals surface area contributed by atoms with Gasteiger partial charge in [-0.05, 0) is 30.7 Å². The largest absolute Gasteiger partial charge is 0.306 e. The van der Waals surface area contributed by atoms with Crippen molar-refractivity contribution in [3.63, 3.8) is 0 Å². The Morgan fingerprint density at radius 1 is 1.29 bits per heavy atom. The van der Waals surface area contributed by atoms with Crippen LogP contribution < -0.4 is 15.4 Å². The molecule has 3 atom stereocenters. The van der Waals surface area contributed by atoms with E-state index in [2.05, 4.69) is 15.4 Å². The third-order valence-corrected chi connectivity index (χ3v) is 6.77. The van der Waals surface area contributed by atoms with Gasteiger partial charge in [-0.3, -0.25) is 10.1 Å². The Bertz CT molecular complexity index is 752. The molecule has 2 aliphatic rings. The van der Waals surface area contributed by atoms with Gasteiger partial charge in [0.2, 0.25) is 10.0 Å². The standard InChI is InChI=1S/C15H18N4O3S2/c16-8-10-1-3-12(4-2-10)24(21,22)19-11-7-13(18-9-11)14(20)15-17-5-6-23-15/h1-4,11,13,15,17-19H,5-7,9H2/t11-,13-,15?/m0/s1. The average Bonchev–Trinajstić information content (AvgIpc) is 3.25. The molecule has 2 fully saturated rings. The third-order valence-electron chi connectivity index (χ3n) is 4.06. The minimum Gasteiger partial charge on any atom is -0.306 e. The van der Waals surface area contributed by atoms with E-state index < -0.39 is 10.0 Å². The maximum atomic E-state index is 12.4. The van der Waals surface area contributed by atoms with E-state index in [1.54, 1.807) is 11.8 Å². The second-order valence-electron chi connectivity index (χ2n) is 5.76. The first-order valence-electron chi connectivity index (χ1n) is 7.64. The van der Waals surface area contributed by atoms with E-state index in [1.807, 2.05) is 6.07 Å². The van der Waals surface area contributed by atoms with Gasteiger partial charge in [-0.1, -0.05) is 0 Å². The first kappa shape index (κ1) is 17.4. The van der Waals surface area contributed by atoms with Crippen molar-refractivity contribution in [1.29, 1.82) is 5.26 Å². The smallest absolute Gasteiger partial charge is 0.240 e. The zero-order valence-corrected chi connectivity index (χ0v) is 14.5. The summed E-state index contributed by atoms with van der Waals surface area (Å²) in [6.45, 7) is 1.24. The van der Waals surface area contributed by atoms with Gasteiger partial charge in [0.05, 0.1) is 22.6 Å². The summed E-state index contributed by atoms with van der Waals surface area (Å²) < 4.78 is 27.4. The lowest BCUT2D eigenvalue weighted by molar-refractivity contribution is -0.120. The Morgan fingerprint density at radius 3 is 2.67 bits per heavy atom. The topological polar surface area (TPSA) is 111 Å². The van der Waals surface area contributed by atoms with Crippen molar-refractivity contribution in [3.05, 3.63) is 29.8 Å². The maximum Gasteiger partial charge on any atom is 0.240 e. The molecule has 24 heavy (non-hydrogen) atoms. The number of sulfonamides is 1. The van der Waals surface area contributed by atoms with Gasteiger partial charge in [-0.25, -0.2) is 13.1 Å². The second kappa shape index (κ2) is 7.21. The van der Waals surface area contributed by atoms with Crippen LogP contribution in [0.5, 0.6) is 0 Å². The Balaban J connectivity index is 1.61. The number of Topliss-reactive ketones (excluding diaryl/α,β-unsaturated/α-hetero) is 1. The summed E-state index contributed by atoms with van der Waals surface area (Å²) in [5.74, 6) is 0.996. The average molecular weight is 366 g/mol. The molecule has 2 heterocycles. The first-order valence-corrected chi connectivity index (χ1v) is 10.2. The highest BCUT2D eigenvalue weighted by Gasteiger charge is 2.36. The number of rotatable bonds is 5. The summed E-state index contributed by atoms with van der Waals surface area (Å²) in [4.78, 5) is 12.5. The molecule has 0 saturated carbocycles. The summed E-state index contributed by atoms with van der Waals surface area (Å²) in [5.41, 5.74) is 0.406. The van der Waals surface area contributed by atoms with Crippen LogP contribution in [-0.2, 0) is 14.8 Å². The lowest BCUT2D eigenvalue weighted by Gasteiger charge is -2.15. The second-order valence-corrected chi connectivity index (χ2v) is 8.69. The lowest BCUT2D eigenvalue weighted by Crippen LogP contribution is -2.41. The monoisotopic (exact) mass is 366 g/mol. The molecule has 7 nitrogen and oxygen atoms in total. The molecule has 2 saturated heterocycles. The number of nitrogens with zero attached hydrogens (tertiary/aromatic N) is 1. The third kappa shape index (κ3) is 3.79. The van der Waals surface area contributed by atoms with Crippen molar-refractivity contribution in [2.45, 2.75) is 28.8 Å². The molecule has 0 bridgehead atoms. The number of nitrogens with one attached hydrogen (secondary N) is 3. The molecule has 0 radical (unpaired) electrons. The van der Waals surface area contributed by atoms with Crippen LogP contribution in [0.25, 0.3) is 0 Å². The molecule has 3 rings (SSSR count). The summed E-state index contributed by atoms with van der Waals surface area (Å²) in [6.07, 6.45) is 0.438. The van der Waals surface area contributed by atoms with E-state index in [9.17, 15) is 13.2 Å². The quantitative estimate of drug-likeness (QED) is 0.662. The molecule has 0 spiro atoms. The number of hydrogen-bond donors (Lipinski definition) is 3. The van der Waals surface area contributed by atoms with Crippen molar-refractivity contribution < 1.29 is 13.2 Å². The molecule has 1 aromatic rings. The van der Waals surface area contributed by atoms with Gasteiger partial charge in [-0.2, -0.15) is 5.26 Å². The summed E-state index contributed by atoms with van der Waals surface area (Å²) >= 11 is 1.59. The van der Waals surface area contributed by atoms with Crippen molar-refractivity contribution in [2.24, 2.45) is 0 Å². The molecular formula is C15H18N4O3S2. The van der Waals surface area contributed by atoms with Gasteiger partial charge in [-0.15, -0.1) is 11.8 Å². The molecule has 1 unspecified atom stereocenters. The number of carbonyl (C=O) groups excluding carboxylic acids is 1. The van der Waals surface area contributed by atoms with Crippen LogP contribution in [0, 0.1) is 11.3 Å². The normalized spacial score (nSPS) is 27.0. The fraction of sp³-hybridized carbons (Fsp3) is 0.467. The molecule has 0 aromatic heterocycles. The highest BCUT2D eigenvalue weighted by Crippen LogP contribution is 2.20. The fourth-order valence-electron chi connectivity index (χ4n) is 2.83. The van der Waals surface area contributed by atoms with Crippen molar-refractivity contribution in [2.75, 3.05) is 18.8 Å². The number of thioether (sulfide) groups is 1. The minimum absolute atomic E-state index is 0.0811. The zero-order chi connectivity index (χ0) is 17.2. The van der Waals surface area contributed by atoms with Crippen LogP contribution in [0.4, 0.5) is 0 Å². The molecule has 3 N–H and O–H groups in total. The van der Waals surface area contributed by atoms with E-state index in [4.69, 9.17) is 5.26 Å². The first-order chi connectivity index (χ1) is 11.5. The SMILES string of the molecule is N#Cc1ccc(S(=O)(=O)N[C@@H]2CN[C@H](C(=O)C3NCCS3)C2)cc1. The van der Waals surface area contributed by atoms with Crippen LogP contribution in [0.15, 0.2) is 29.2 Å². The number of nitriles is 1. The lowest BCUT2D eigenvalue weighted by atomic mass is 10.1. The van der Waals surface area contributed by atoms with Gasteiger partial charge >= 0.3 is 0 Å². The van der Waals surface area contributed by atoms with Gasteiger partial charge in [0.1, 0.15) is 5.37 Å². The van der Waals surface area contributed by atoms with Gasteiger partial charge < -0.3 is 5.32 Å². The van der Waals surface area contributed by atoms with Gasteiger partial charge in [0.15, 0.2) is 5.78 Å². The van der Waals surface area contributed by atoms with Crippen LogP contribution in [0.1, 0.15) is 12.0 Å². The maximum absolute atomic E-state index is 12.4. The van der Waals surface area contributed by atoms with E-state index in [1.165, 1.54) is 24.3 Å². The fourth-order valence-corrected chi connectivity index (χ4v) is 5.11. The van der Waals surface area contributed by atoms with E-state index in [0.29, 0.717) is 18.5 Å². The number of carbonyl (C=O) groups is 1. The molecule has 0 aliphatic carbocycles. The predicted molar refractivity (Wildman–Crippen MR) is 90.9 cm³/mol. The van der Waals surface area contributed by atoms with Crippen molar-refractivity contribution >= 4 is 27.6 Å². The highest BCUT2D eigenvalue weighted by molar-refractivity contribution is 8.00. The molecule has 128 valence electrons. The van der Waals surface area contributed by atoms with Crippen LogP contribution >= 0.6 is 11.8 Å². The Kier molecular flexibility index (Phi) is 5.22. The van der Waals surface area contributed by atoms with Crippen molar-refractivity contribution in [1.82, 2.24) is 15.4 Å². The van der Waals surface area contributed by atoms with Crippen LogP contribution in [0.3, 0.4) is 0 Å². The number of benzene rings is 1. The van der Waals surface area contributed by atoms with Crippen LogP contribution in [-0.4, -0.2) is 50.5 Å². The number of ketones is 1. The van der Waals surface area contributed by atoms with Crippen molar-refractivity contribution in [3.8, 4) is 6.07 Å². The Morgan fingerprint density at radius 2 is 2.04 bits per heavy atom. The van der Waals surface area contributed by atoms with E-state index in [-0.39, 0.29) is 28.1 Å². The molecule has 2 aliphatic heterocycles. The summed E-state index contributed by atoms with van der Waals surface area (Å²) in [7, 11) is -3.67. The Labute approximate surface area is 145 Å². The molecule has 9 heteroatoms. The number of hydrogen-bond acceptors (Lipinski definition) is 7. The van der Waals surface area contributed by atoms with Crippen LogP contribution in [0.2, 0.25) is 0 Å². The van der Waals surface area contributed by atoms with E-state index >= 15 is 0 Å². The Hall–Kier alpha value is -1.44. The predicted octanol–water partition coefficient (Wildman–Crippen LogP) is -0.201. The molecule has 1 aromatic carbocycles.